The monoisotopic (exact) mass is 474 g/mol. The van der Waals surface area contributed by atoms with Crippen LogP contribution < -0.4 is 9.62 Å². The summed E-state index contributed by atoms with van der Waals surface area (Å²) >= 11 is 0. The Morgan fingerprint density at radius 3 is 2.35 bits per heavy atom. The number of aryl methyl sites for hydroxylation is 2. The summed E-state index contributed by atoms with van der Waals surface area (Å²) in [7, 11) is -2.37. The van der Waals surface area contributed by atoms with Crippen LogP contribution in [0.5, 0.6) is 0 Å². The summed E-state index contributed by atoms with van der Waals surface area (Å²) < 4.78 is 29.5. The summed E-state index contributed by atoms with van der Waals surface area (Å²) in [5, 5.41) is 2.94. The van der Waals surface area contributed by atoms with E-state index >= 15 is 0 Å². The van der Waals surface area contributed by atoms with Crippen LogP contribution in [0.1, 0.15) is 27.3 Å². The van der Waals surface area contributed by atoms with Crippen LogP contribution in [0.15, 0.2) is 90.1 Å². The van der Waals surface area contributed by atoms with Crippen molar-refractivity contribution < 1.29 is 13.2 Å². The Labute approximate surface area is 199 Å². The number of rotatable bonds is 7. The number of hydrogen-bond acceptors (Lipinski definition) is 4. The average Bonchev–Trinajstić information content (AvgIpc) is 3.28. The molecule has 1 aromatic heterocycles. The van der Waals surface area contributed by atoms with Gasteiger partial charge in [0.1, 0.15) is 5.82 Å². The maximum Gasteiger partial charge on any atom is 0.264 e. The quantitative estimate of drug-likeness (QED) is 0.434. The summed E-state index contributed by atoms with van der Waals surface area (Å²) in [6.45, 7) is 4.08. The first-order valence-corrected chi connectivity index (χ1v) is 12.2. The van der Waals surface area contributed by atoms with Crippen molar-refractivity contribution in [2.45, 2.75) is 25.3 Å². The molecule has 0 spiro atoms. The molecule has 0 saturated heterocycles. The molecular formula is C26H26N4O3S. The van der Waals surface area contributed by atoms with Gasteiger partial charge in [0.25, 0.3) is 15.9 Å². The van der Waals surface area contributed by atoms with E-state index in [4.69, 9.17) is 0 Å². The molecule has 0 fully saturated rings. The van der Waals surface area contributed by atoms with Gasteiger partial charge in [0.05, 0.1) is 21.8 Å². The van der Waals surface area contributed by atoms with Crippen LogP contribution in [-0.4, -0.2) is 30.9 Å². The summed E-state index contributed by atoms with van der Waals surface area (Å²) in [5.41, 5.74) is 3.38. The number of benzene rings is 3. The molecule has 0 aliphatic rings. The summed E-state index contributed by atoms with van der Waals surface area (Å²) in [5.74, 6) is 0.478. The van der Waals surface area contributed by atoms with Crippen molar-refractivity contribution in [2.24, 2.45) is 0 Å². The number of sulfonamides is 1. The van der Waals surface area contributed by atoms with Crippen LogP contribution in [0.3, 0.4) is 0 Å². The standard InChI is InChI=1S/C26H26N4O3S/c1-19-12-14-22(15-13-19)34(32,33)29(3)25-11-7-5-9-23(25)26(31)28-18-21-8-4-6-10-24(21)30-17-16-27-20(30)2/h4-17H,18H2,1-3H3,(H,28,31). The van der Waals surface area contributed by atoms with Crippen molar-refractivity contribution in [3.05, 3.63) is 108 Å². The molecule has 0 unspecified atom stereocenters. The number of carbonyl (C=O) groups is 1. The van der Waals surface area contributed by atoms with Gasteiger partial charge in [-0.05, 0) is 49.7 Å². The molecule has 1 amide bonds. The fourth-order valence-electron chi connectivity index (χ4n) is 3.74. The Bertz CT molecular complexity index is 1430. The minimum Gasteiger partial charge on any atom is -0.348 e. The average molecular weight is 475 g/mol. The molecule has 0 aliphatic carbocycles. The van der Waals surface area contributed by atoms with E-state index < -0.39 is 10.0 Å². The van der Waals surface area contributed by atoms with Crippen LogP contribution >= 0.6 is 0 Å². The van der Waals surface area contributed by atoms with Crippen LogP contribution in [0.4, 0.5) is 5.69 Å². The normalized spacial score (nSPS) is 11.3. The van der Waals surface area contributed by atoms with E-state index in [1.807, 2.05) is 48.9 Å². The second-order valence-corrected chi connectivity index (χ2v) is 9.93. The fraction of sp³-hybridized carbons (Fsp3) is 0.154. The number of anilines is 1. The van der Waals surface area contributed by atoms with Gasteiger partial charge < -0.3 is 9.88 Å². The first kappa shape index (κ1) is 23.3. The van der Waals surface area contributed by atoms with Gasteiger partial charge in [-0.1, -0.05) is 48.0 Å². The Hall–Kier alpha value is -3.91. The SMILES string of the molecule is Cc1ccc(S(=O)(=O)N(C)c2ccccc2C(=O)NCc2ccccc2-n2ccnc2C)cc1. The van der Waals surface area contributed by atoms with Crippen molar-refractivity contribution >= 4 is 21.6 Å². The molecule has 0 atom stereocenters. The van der Waals surface area contributed by atoms with Crippen molar-refractivity contribution in [3.63, 3.8) is 0 Å². The Morgan fingerprint density at radius 1 is 0.971 bits per heavy atom. The van der Waals surface area contributed by atoms with Crippen molar-refractivity contribution in [1.82, 2.24) is 14.9 Å². The Morgan fingerprint density at radius 2 is 1.65 bits per heavy atom. The number of carbonyl (C=O) groups excluding carboxylic acids is 1. The Kier molecular flexibility index (Phi) is 6.51. The van der Waals surface area contributed by atoms with Crippen LogP contribution in [0.25, 0.3) is 5.69 Å². The van der Waals surface area contributed by atoms with Crippen molar-refractivity contribution in [2.75, 3.05) is 11.4 Å². The number of nitrogens with one attached hydrogen (secondary N) is 1. The lowest BCUT2D eigenvalue weighted by Gasteiger charge is -2.22. The molecule has 174 valence electrons. The second-order valence-electron chi connectivity index (χ2n) is 7.96. The van der Waals surface area contributed by atoms with Gasteiger partial charge in [-0.25, -0.2) is 13.4 Å². The molecule has 1 N–H and O–H groups in total. The third kappa shape index (κ3) is 4.58. The van der Waals surface area contributed by atoms with E-state index in [1.165, 1.54) is 7.05 Å². The van der Waals surface area contributed by atoms with Gasteiger partial charge in [-0.3, -0.25) is 9.10 Å². The molecule has 0 radical (unpaired) electrons. The van der Waals surface area contributed by atoms with E-state index in [2.05, 4.69) is 10.3 Å². The predicted molar refractivity (Wildman–Crippen MR) is 133 cm³/mol. The zero-order valence-electron chi connectivity index (χ0n) is 19.3. The van der Waals surface area contributed by atoms with E-state index in [9.17, 15) is 13.2 Å². The van der Waals surface area contributed by atoms with Crippen molar-refractivity contribution in [3.8, 4) is 5.69 Å². The van der Waals surface area contributed by atoms with Gasteiger partial charge in [0.2, 0.25) is 0 Å². The number of aromatic nitrogens is 2. The minimum absolute atomic E-state index is 0.167. The highest BCUT2D eigenvalue weighted by Crippen LogP contribution is 2.26. The highest BCUT2D eigenvalue weighted by molar-refractivity contribution is 7.92. The number of para-hydroxylation sites is 2. The van der Waals surface area contributed by atoms with Gasteiger partial charge >= 0.3 is 0 Å². The summed E-state index contributed by atoms with van der Waals surface area (Å²) in [6, 6.07) is 21.1. The van der Waals surface area contributed by atoms with E-state index in [1.54, 1.807) is 54.7 Å². The molecule has 0 bridgehead atoms. The van der Waals surface area contributed by atoms with Gasteiger partial charge in [-0.2, -0.15) is 0 Å². The lowest BCUT2D eigenvalue weighted by atomic mass is 10.1. The molecule has 34 heavy (non-hydrogen) atoms. The second kappa shape index (κ2) is 9.52. The van der Waals surface area contributed by atoms with Crippen LogP contribution in [-0.2, 0) is 16.6 Å². The molecule has 1 heterocycles. The molecule has 0 saturated carbocycles. The first-order chi connectivity index (χ1) is 16.3. The zero-order valence-corrected chi connectivity index (χ0v) is 20.1. The number of amides is 1. The molecule has 7 nitrogen and oxygen atoms in total. The molecular weight excluding hydrogens is 448 g/mol. The minimum atomic E-state index is -3.83. The molecule has 0 aliphatic heterocycles. The lowest BCUT2D eigenvalue weighted by molar-refractivity contribution is 0.0951. The zero-order chi connectivity index (χ0) is 24.3. The van der Waals surface area contributed by atoms with Crippen molar-refractivity contribution in [1.29, 1.82) is 0 Å². The van der Waals surface area contributed by atoms with Gasteiger partial charge in [-0.15, -0.1) is 0 Å². The maximum atomic E-state index is 13.2. The van der Waals surface area contributed by atoms with Gasteiger partial charge in [0.15, 0.2) is 0 Å². The molecule has 3 aromatic carbocycles. The van der Waals surface area contributed by atoms with E-state index in [-0.39, 0.29) is 22.9 Å². The Balaban J connectivity index is 1.59. The highest BCUT2D eigenvalue weighted by atomic mass is 32.2. The third-order valence-electron chi connectivity index (χ3n) is 5.68. The summed E-state index contributed by atoms with van der Waals surface area (Å²) in [6.07, 6.45) is 3.60. The number of hydrogen-bond donors (Lipinski definition) is 1. The first-order valence-electron chi connectivity index (χ1n) is 10.8. The molecule has 4 aromatic rings. The largest absolute Gasteiger partial charge is 0.348 e. The third-order valence-corrected chi connectivity index (χ3v) is 7.47. The van der Waals surface area contributed by atoms with Crippen LogP contribution in [0, 0.1) is 13.8 Å². The topological polar surface area (TPSA) is 84.3 Å². The predicted octanol–water partition coefficient (Wildman–Crippen LogP) is 4.24. The van der Waals surface area contributed by atoms with Crippen LogP contribution in [0.2, 0.25) is 0 Å². The molecule has 8 heteroatoms. The highest BCUT2D eigenvalue weighted by Gasteiger charge is 2.25. The van der Waals surface area contributed by atoms with E-state index in [0.29, 0.717) is 5.69 Å². The van der Waals surface area contributed by atoms with E-state index in [0.717, 1.165) is 26.9 Å². The summed E-state index contributed by atoms with van der Waals surface area (Å²) in [4.78, 5) is 17.6. The lowest BCUT2D eigenvalue weighted by Crippen LogP contribution is -2.30. The number of imidazole rings is 1. The smallest absolute Gasteiger partial charge is 0.264 e. The van der Waals surface area contributed by atoms with Gasteiger partial charge in [0, 0.05) is 26.0 Å². The fourth-order valence-corrected chi connectivity index (χ4v) is 4.95. The maximum absolute atomic E-state index is 13.2. The number of nitrogens with zero attached hydrogens (tertiary/aromatic N) is 3. The molecule has 4 rings (SSSR count).